The molecule has 2 unspecified atom stereocenters. The van der Waals surface area contributed by atoms with Gasteiger partial charge in [-0.2, -0.15) is 20.3 Å². The summed E-state index contributed by atoms with van der Waals surface area (Å²) >= 11 is 4.80. The lowest BCUT2D eigenvalue weighted by Crippen LogP contribution is -2.25. The van der Waals surface area contributed by atoms with Gasteiger partial charge in [-0.1, -0.05) is 179 Å². The topological polar surface area (TPSA) is 319 Å². The van der Waals surface area contributed by atoms with E-state index in [0.717, 1.165) is 38.9 Å². The second-order valence-electron chi connectivity index (χ2n) is 41.0. The monoisotopic (exact) mass is 1770 g/mol. The summed E-state index contributed by atoms with van der Waals surface area (Å²) in [5.74, 6) is 1.48. The highest BCUT2D eigenvalue weighted by atomic mass is 32.1. The predicted octanol–water partition coefficient (Wildman–Crippen LogP) is 24.7. The fraction of sp³-hybridized carbons (Fsp3) is 0.571. The van der Waals surface area contributed by atoms with E-state index in [9.17, 15) is 47.9 Å². The van der Waals surface area contributed by atoms with E-state index in [1.165, 1.54) is 59.4 Å². The number of nitrogens with zero attached hydrogens (tertiary/aromatic N) is 9. The average Bonchev–Trinajstić information content (AvgIpc) is 1.61. The lowest BCUT2D eigenvalue weighted by Gasteiger charge is -2.25. The van der Waals surface area contributed by atoms with Crippen LogP contribution < -0.4 is 0 Å². The Balaban J connectivity index is 0.00000135. The number of aryl methyl sites for hydroxylation is 1. The largest absolute Gasteiger partial charge is 0.478 e. The lowest BCUT2D eigenvalue weighted by molar-refractivity contribution is -0.120. The number of Topliss-reactive ketones (excluding diaryl/α,β-unsaturated/α-hetero) is 9. The van der Waals surface area contributed by atoms with Crippen molar-refractivity contribution < 1.29 is 66.7 Å². The smallest absolute Gasteiger partial charge is 0.339 e. The van der Waals surface area contributed by atoms with E-state index in [1.54, 1.807) is 105 Å². The number of furan rings is 1. The van der Waals surface area contributed by atoms with Gasteiger partial charge in [0.15, 0.2) is 40.5 Å². The van der Waals surface area contributed by atoms with Crippen molar-refractivity contribution >= 4 is 92.0 Å². The Labute approximate surface area is 752 Å². The Morgan fingerprint density at radius 2 is 1.02 bits per heavy atom. The second-order valence-corrected chi connectivity index (χ2v) is 43.9. The van der Waals surface area contributed by atoms with E-state index < -0.39 is 5.97 Å². The van der Waals surface area contributed by atoms with Gasteiger partial charge in [0.2, 0.25) is 17.5 Å². The SMILES string of the molecule is C.CC(=O)C1COC(C(C)(C)C)C1.CC(=O)c1cc(C(C)(C)C)cs1.CC(=O)c1ccc(C(C)(C)C)n1C.CC(=O)c1ccc(C(C)(C)C)nn1.CC(=O)c1ccc(C(C)(C)C)s1.CC(=O)c1cnn(C(C)(C)C)c1.CC(=O)c1coc(C(C)(C)C)c1.CC(=O)c1csc(C(C)(C)C)c1.CC(=O)c1noc(C(C)(C)C)n1.Cc1nn(C(C)(C)C)cc1C(=O)O. The van der Waals surface area contributed by atoms with E-state index in [0.29, 0.717) is 35.0 Å². The van der Waals surface area contributed by atoms with E-state index in [2.05, 4.69) is 181 Å². The number of aromatic nitrogens is 9. The molecule has 0 spiro atoms. The van der Waals surface area contributed by atoms with Gasteiger partial charge in [0.25, 0.3) is 0 Å². The Kier molecular flexibility index (Phi) is 43.3. The van der Waals surface area contributed by atoms with Crippen LogP contribution in [-0.4, -0.2) is 120 Å². The van der Waals surface area contributed by atoms with Gasteiger partial charge < -0.3 is 23.4 Å². The number of carbonyl (C=O) groups is 10. The number of hydrogen-bond donors (Lipinski definition) is 1. The van der Waals surface area contributed by atoms with Crippen molar-refractivity contribution in [2.45, 2.75) is 346 Å². The number of carboxylic acids is 1. The molecule has 0 aromatic carbocycles. The number of hydrogen-bond acceptors (Lipinski definition) is 22. The molecule has 0 amide bonds. The van der Waals surface area contributed by atoms with Gasteiger partial charge >= 0.3 is 5.97 Å². The first-order valence-electron chi connectivity index (χ1n) is 41.2. The van der Waals surface area contributed by atoms with Gasteiger partial charge in [0.1, 0.15) is 29.1 Å². The summed E-state index contributed by atoms with van der Waals surface area (Å²) in [6, 6.07) is 17.2. The zero-order valence-electron chi connectivity index (χ0n) is 81.7. The fourth-order valence-corrected chi connectivity index (χ4v) is 13.3. The summed E-state index contributed by atoms with van der Waals surface area (Å²) in [6.45, 7) is 78.9. The molecule has 1 fully saturated rings. The van der Waals surface area contributed by atoms with Crippen LogP contribution in [0.15, 0.2) is 99.2 Å². The van der Waals surface area contributed by atoms with E-state index in [-0.39, 0.29) is 137 Å². The van der Waals surface area contributed by atoms with Crippen LogP contribution in [0, 0.1) is 18.3 Å². The summed E-state index contributed by atoms with van der Waals surface area (Å²) in [4.78, 5) is 118. The van der Waals surface area contributed by atoms with Crippen molar-refractivity contribution in [3.63, 3.8) is 0 Å². The van der Waals surface area contributed by atoms with Crippen molar-refractivity contribution in [2.24, 2.45) is 18.4 Å². The number of ether oxygens (including phenoxy) is 1. The molecule has 10 heterocycles. The van der Waals surface area contributed by atoms with Gasteiger partial charge in [-0.3, -0.25) is 52.5 Å². The minimum Gasteiger partial charge on any atom is -0.478 e. The third-order valence-electron chi connectivity index (χ3n) is 18.5. The fourth-order valence-electron chi connectivity index (χ4n) is 10.3. The highest BCUT2D eigenvalue weighted by molar-refractivity contribution is 7.14. The molecule has 1 N–H and O–H groups in total. The molecular formula is C98H149N9O14S3. The summed E-state index contributed by atoms with van der Waals surface area (Å²) in [6.07, 6.45) is 7.63. The van der Waals surface area contributed by atoms with Crippen LogP contribution in [0.4, 0.5) is 0 Å². The molecule has 23 nitrogen and oxygen atoms in total. The summed E-state index contributed by atoms with van der Waals surface area (Å²) in [7, 11) is 1.94. The first-order chi connectivity index (χ1) is 55.4. The van der Waals surface area contributed by atoms with Crippen molar-refractivity contribution in [3.05, 3.63) is 183 Å². The zero-order valence-corrected chi connectivity index (χ0v) is 84.2. The third-order valence-corrected chi connectivity index (χ3v) is 22.5. The van der Waals surface area contributed by atoms with Gasteiger partial charge in [0, 0.05) is 94.2 Å². The normalized spacial score (nSPS) is 13.4. The number of ketones is 9. The molecule has 26 heteroatoms. The molecule has 124 heavy (non-hydrogen) atoms. The van der Waals surface area contributed by atoms with Gasteiger partial charge in [-0.05, 0) is 184 Å². The first-order valence-corrected chi connectivity index (χ1v) is 43.8. The van der Waals surface area contributed by atoms with Crippen LogP contribution in [0.5, 0.6) is 0 Å². The van der Waals surface area contributed by atoms with Crippen LogP contribution in [0.2, 0.25) is 0 Å². The molecule has 2 atom stereocenters. The van der Waals surface area contributed by atoms with Crippen molar-refractivity contribution in [3.8, 4) is 0 Å². The molecule has 1 aliphatic rings. The molecule has 1 aliphatic heterocycles. The van der Waals surface area contributed by atoms with Crippen LogP contribution in [-0.2, 0) is 65.6 Å². The molecule has 9 aromatic heterocycles. The number of aromatic carboxylic acids is 1. The molecular weight excluding hydrogens is 1620 g/mol. The molecule has 0 bridgehead atoms. The van der Waals surface area contributed by atoms with E-state index in [1.807, 2.05) is 128 Å². The summed E-state index contributed by atoms with van der Waals surface area (Å²) in [5, 5.41) is 32.4. The Morgan fingerprint density at radius 3 is 1.27 bits per heavy atom. The number of carboxylic acid groups (broad SMARTS) is 1. The second kappa shape index (κ2) is 46.8. The maximum atomic E-state index is 11.2. The van der Waals surface area contributed by atoms with E-state index in [4.69, 9.17) is 18.8 Å². The van der Waals surface area contributed by atoms with Gasteiger partial charge in [-0.25, -0.2) is 4.79 Å². The summed E-state index contributed by atoms with van der Waals surface area (Å²) in [5.41, 5.74) is 7.86. The molecule has 0 radical (unpaired) electrons. The minimum absolute atomic E-state index is 0. The van der Waals surface area contributed by atoms with Crippen LogP contribution >= 0.6 is 34.0 Å². The van der Waals surface area contributed by atoms with Crippen LogP contribution in [0.3, 0.4) is 0 Å². The van der Waals surface area contributed by atoms with E-state index >= 15 is 0 Å². The predicted molar refractivity (Wildman–Crippen MR) is 505 cm³/mol. The van der Waals surface area contributed by atoms with Gasteiger partial charge in [0.05, 0.1) is 67.9 Å². The lowest BCUT2D eigenvalue weighted by atomic mass is 9.85. The van der Waals surface area contributed by atoms with Gasteiger partial charge in [-0.15, -0.1) is 39.1 Å². The molecule has 10 rings (SSSR count). The highest BCUT2D eigenvalue weighted by Crippen LogP contribution is 2.35. The molecule has 1 saturated heterocycles. The average molecular weight is 1770 g/mol. The number of thiophene rings is 3. The minimum atomic E-state index is -0.923. The zero-order chi connectivity index (χ0) is 96.0. The molecule has 9 aromatic rings. The Hall–Kier alpha value is -9.24. The van der Waals surface area contributed by atoms with Crippen LogP contribution in [0.25, 0.3) is 0 Å². The standard InChI is InChI=1S/C11H17NO.C10H14N2O.C10H18O2.C10H14O2.3C10H14OS.C9H14N2O2.C9H14N2O.C8H12N2O2.CH4/c1-8(13)9-6-7-10(12(9)5)11(2,3)4;1-7(13)8-5-6-9(12-11-8)10(2,3)4;2*1-7(11)8-5-9(12-6-8)10(2,3)4;1-7(11)9-5-8(6-12-9)10(2,3)4;1-7(11)8-5-9(12-6-8)10(2,3)4;1-7(11)8-5-6-9(12-8)10(2,3)4;1-6-7(8(12)13)5-11(10-6)9(2,3)4;1-7(12)8-5-10-11(6-8)9(2,3)4;1-5(11)6-9-7(12-10-6)8(2,3)4;/h6-7H,1-5H3;5-6H,1-4H3;8-9H,5-6H2,1-4H3;4*5-6H,1-4H3;5H,1-4H3,(H,12,13);5-6H,1-4H3;1-4H3;1H4. The maximum Gasteiger partial charge on any atom is 0.339 e. The first kappa shape index (κ1) is 115. The van der Waals surface area contributed by atoms with Crippen LogP contribution in [0.1, 0.15) is 420 Å². The molecule has 0 aliphatic carbocycles. The quantitative estimate of drug-likeness (QED) is 0.124. The Morgan fingerprint density at radius 1 is 0.492 bits per heavy atom. The Bertz CT molecular complexity index is 4470. The summed E-state index contributed by atoms with van der Waals surface area (Å²) < 4.78 is 21.2. The van der Waals surface area contributed by atoms with Crippen molar-refractivity contribution in [2.75, 3.05) is 6.61 Å². The van der Waals surface area contributed by atoms with Crippen molar-refractivity contribution in [1.82, 2.24) is 44.5 Å². The number of rotatable bonds is 10. The third kappa shape index (κ3) is 39.5. The maximum absolute atomic E-state index is 11.2. The molecule has 0 saturated carbocycles. The highest BCUT2D eigenvalue weighted by Gasteiger charge is 2.36. The molecule has 688 valence electrons. The van der Waals surface area contributed by atoms with Crippen molar-refractivity contribution in [1.29, 1.82) is 0 Å². The number of carbonyl (C=O) groups excluding carboxylic acids is 9.